The number of carbonyl (C=O) groups excluding carboxylic acids is 2. The highest BCUT2D eigenvalue weighted by atomic mass is 16.1. The summed E-state index contributed by atoms with van der Waals surface area (Å²) in [6.45, 7) is 0. The summed E-state index contributed by atoms with van der Waals surface area (Å²) < 4.78 is 0. The zero-order valence-corrected chi connectivity index (χ0v) is 12.3. The van der Waals surface area contributed by atoms with Crippen molar-refractivity contribution < 1.29 is 9.59 Å². The van der Waals surface area contributed by atoms with Gasteiger partial charge in [-0.05, 0) is 23.3 Å². The van der Waals surface area contributed by atoms with E-state index in [4.69, 9.17) is 11.7 Å². The van der Waals surface area contributed by atoms with E-state index in [1.54, 1.807) is 30.5 Å². The van der Waals surface area contributed by atoms with Gasteiger partial charge in [0.1, 0.15) is 29.0 Å². The molecule has 23 heavy (non-hydrogen) atoms. The van der Waals surface area contributed by atoms with Gasteiger partial charge in [-0.15, -0.1) is 6.42 Å². The first-order chi connectivity index (χ1) is 11.1. The Bertz CT molecular complexity index is 725. The highest BCUT2D eigenvalue weighted by Crippen LogP contribution is 2.06. The fourth-order valence-corrected chi connectivity index (χ4v) is 2.01. The largest absolute Gasteiger partial charge is 0.299 e. The number of aromatic nitrogens is 2. The topological polar surface area (TPSA) is 83.7 Å². The van der Waals surface area contributed by atoms with Crippen LogP contribution in [0.25, 0.3) is 0 Å². The Labute approximate surface area is 134 Å². The second kappa shape index (κ2) is 7.63. The summed E-state index contributed by atoms with van der Waals surface area (Å²) in [5.41, 5.74) is 2.20. The second-order valence-corrected chi connectivity index (χ2v) is 4.97. The van der Waals surface area contributed by atoms with Gasteiger partial charge in [0.25, 0.3) is 0 Å². The molecule has 2 aromatic rings. The van der Waals surface area contributed by atoms with Gasteiger partial charge < -0.3 is 0 Å². The van der Waals surface area contributed by atoms with E-state index in [9.17, 15) is 9.59 Å². The third kappa shape index (κ3) is 4.87. The van der Waals surface area contributed by atoms with Gasteiger partial charge in [-0.25, -0.2) is 9.97 Å². The molecule has 2 rings (SSSR count). The lowest BCUT2D eigenvalue weighted by Gasteiger charge is -2.02. The molecule has 0 aliphatic carbocycles. The van der Waals surface area contributed by atoms with Crippen LogP contribution >= 0.6 is 0 Å². The van der Waals surface area contributed by atoms with Crippen LogP contribution in [0, 0.1) is 23.7 Å². The number of pyridine rings is 2. The average molecular weight is 303 g/mol. The Morgan fingerprint density at radius 2 is 1.48 bits per heavy atom. The van der Waals surface area contributed by atoms with Crippen LogP contribution in [0.1, 0.15) is 28.9 Å². The van der Waals surface area contributed by atoms with Gasteiger partial charge in [0.2, 0.25) is 0 Å². The SMILES string of the molecule is C#Cc1ccc(CC(=O)CC(=O)Cc2ccc(C#N)nc2)cn1. The summed E-state index contributed by atoms with van der Waals surface area (Å²) in [5.74, 6) is 2.04. The maximum Gasteiger partial charge on any atom is 0.144 e. The predicted octanol–water partition coefficient (Wildman–Crippen LogP) is 1.64. The van der Waals surface area contributed by atoms with Crippen molar-refractivity contribution >= 4 is 11.6 Å². The van der Waals surface area contributed by atoms with Crippen molar-refractivity contribution in [2.75, 3.05) is 0 Å². The minimum atomic E-state index is -0.185. The highest BCUT2D eigenvalue weighted by Gasteiger charge is 2.11. The normalized spacial score (nSPS) is 9.65. The van der Waals surface area contributed by atoms with Crippen molar-refractivity contribution in [3.8, 4) is 18.4 Å². The third-order valence-electron chi connectivity index (χ3n) is 3.11. The third-order valence-corrected chi connectivity index (χ3v) is 3.11. The van der Waals surface area contributed by atoms with Gasteiger partial charge in [0.15, 0.2) is 0 Å². The molecule has 0 aliphatic rings. The number of carbonyl (C=O) groups is 2. The molecular weight excluding hydrogens is 290 g/mol. The van der Waals surface area contributed by atoms with Crippen LogP contribution in [0.3, 0.4) is 0 Å². The molecule has 0 amide bonds. The first-order valence-corrected chi connectivity index (χ1v) is 6.90. The molecule has 0 bridgehead atoms. The number of terminal acetylenes is 1. The first-order valence-electron chi connectivity index (χ1n) is 6.90. The number of rotatable bonds is 6. The lowest BCUT2D eigenvalue weighted by molar-refractivity contribution is -0.126. The zero-order chi connectivity index (χ0) is 16.7. The van der Waals surface area contributed by atoms with E-state index in [0.717, 1.165) is 5.56 Å². The van der Waals surface area contributed by atoms with Gasteiger partial charge in [0, 0.05) is 25.2 Å². The van der Waals surface area contributed by atoms with Crippen LogP contribution in [-0.4, -0.2) is 21.5 Å². The van der Waals surface area contributed by atoms with Crippen molar-refractivity contribution in [3.63, 3.8) is 0 Å². The molecule has 0 saturated carbocycles. The summed E-state index contributed by atoms with van der Waals surface area (Å²) in [7, 11) is 0. The van der Waals surface area contributed by atoms with E-state index in [2.05, 4.69) is 15.9 Å². The predicted molar refractivity (Wildman–Crippen MR) is 83.2 cm³/mol. The zero-order valence-electron chi connectivity index (χ0n) is 12.3. The van der Waals surface area contributed by atoms with Crippen LogP contribution in [0.5, 0.6) is 0 Å². The molecule has 5 heteroatoms. The minimum Gasteiger partial charge on any atom is -0.299 e. The van der Waals surface area contributed by atoms with E-state index < -0.39 is 0 Å². The molecule has 0 atom stereocenters. The Balaban J connectivity index is 1.87. The Morgan fingerprint density at radius 1 is 0.957 bits per heavy atom. The van der Waals surface area contributed by atoms with Crippen molar-refractivity contribution in [2.45, 2.75) is 19.3 Å². The molecule has 2 aromatic heterocycles. The number of nitriles is 1. The second-order valence-electron chi connectivity index (χ2n) is 4.97. The lowest BCUT2D eigenvalue weighted by Crippen LogP contribution is -2.12. The summed E-state index contributed by atoms with van der Waals surface area (Å²) in [6, 6.07) is 8.51. The van der Waals surface area contributed by atoms with Crippen LogP contribution in [-0.2, 0) is 22.4 Å². The summed E-state index contributed by atoms with van der Waals surface area (Å²) in [6.07, 6.45) is 8.36. The quantitative estimate of drug-likeness (QED) is 0.598. The standard InChI is InChI=1S/C18H13N3O2/c1-2-15-5-3-13(11-20-15)7-17(22)9-18(23)8-14-4-6-16(10-19)21-12-14/h1,3-6,11-12H,7-9H2. The highest BCUT2D eigenvalue weighted by molar-refractivity contribution is 6.00. The van der Waals surface area contributed by atoms with Gasteiger partial charge in [-0.1, -0.05) is 18.1 Å². The molecule has 0 N–H and O–H groups in total. The molecule has 0 radical (unpaired) electrons. The van der Waals surface area contributed by atoms with E-state index in [1.165, 1.54) is 6.20 Å². The van der Waals surface area contributed by atoms with E-state index in [1.807, 2.05) is 6.07 Å². The fraction of sp³-hybridized carbons (Fsp3) is 0.167. The van der Waals surface area contributed by atoms with E-state index >= 15 is 0 Å². The molecule has 0 saturated heterocycles. The summed E-state index contributed by atoms with van der Waals surface area (Å²) in [4.78, 5) is 31.7. The van der Waals surface area contributed by atoms with Gasteiger partial charge in [-0.2, -0.15) is 5.26 Å². The van der Waals surface area contributed by atoms with Crippen molar-refractivity contribution in [2.24, 2.45) is 0 Å². The molecule has 2 heterocycles. The monoisotopic (exact) mass is 303 g/mol. The molecule has 5 nitrogen and oxygen atoms in total. The molecule has 0 aliphatic heterocycles. The lowest BCUT2D eigenvalue weighted by atomic mass is 10.0. The summed E-state index contributed by atoms with van der Waals surface area (Å²) in [5, 5.41) is 8.66. The molecule has 0 spiro atoms. The van der Waals surface area contributed by atoms with Crippen LogP contribution < -0.4 is 0 Å². The minimum absolute atomic E-state index is 0.124. The molecule has 0 aromatic carbocycles. The first kappa shape index (κ1) is 16.1. The van der Waals surface area contributed by atoms with Crippen molar-refractivity contribution in [3.05, 3.63) is 59.2 Å². The Kier molecular flexibility index (Phi) is 5.33. The van der Waals surface area contributed by atoms with Crippen LogP contribution in [0.2, 0.25) is 0 Å². The van der Waals surface area contributed by atoms with Crippen LogP contribution in [0.4, 0.5) is 0 Å². The maximum atomic E-state index is 11.9. The number of nitrogens with zero attached hydrogens (tertiary/aromatic N) is 3. The molecule has 0 unspecified atom stereocenters. The fourth-order valence-electron chi connectivity index (χ4n) is 2.01. The Hall–Kier alpha value is -3.31. The van der Waals surface area contributed by atoms with Gasteiger partial charge in [-0.3, -0.25) is 9.59 Å². The molecule has 0 fully saturated rings. The maximum absolute atomic E-state index is 11.9. The van der Waals surface area contributed by atoms with Crippen LogP contribution in [0.15, 0.2) is 36.7 Å². The average Bonchev–Trinajstić information content (AvgIpc) is 2.56. The van der Waals surface area contributed by atoms with E-state index in [0.29, 0.717) is 17.0 Å². The number of hydrogen-bond acceptors (Lipinski definition) is 5. The molecule has 112 valence electrons. The van der Waals surface area contributed by atoms with E-state index in [-0.39, 0.29) is 30.8 Å². The number of Topliss-reactive ketones (excluding diaryl/α,β-unsaturated/α-hetero) is 2. The number of ketones is 2. The van der Waals surface area contributed by atoms with Crippen molar-refractivity contribution in [1.82, 2.24) is 9.97 Å². The Morgan fingerprint density at radius 3 is 1.87 bits per heavy atom. The van der Waals surface area contributed by atoms with Crippen molar-refractivity contribution in [1.29, 1.82) is 5.26 Å². The molecular formula is C18H13N3O2. The summed E-state index contributed by atoms with van der Waals surface area (Å²) >= 11 is 0. The van der Waals surface area contributed by atoms with Gasteiger partial charge in [0.05, 0.1) is 6.42 Å². The van der Waals surface area contributed by atoms with Gasteiger partial charge >= 0.3 is 0 Å². The number of hydrogen-bond donors (Lipinski definition) is 0. The smallest absolute Gasteiger partial charge is 0.144 e.